The molecular formula is C14H14ClN3OS. The Hall–Kier alpha value is -1.85. The molecule has 1 amide bonds. The first-order valence-electron chi connectivity index (χ1n) is 6.02. The number of amides is 1. The van der Waals surface area contributed by atoms with Crippen LogP contribution in [0.25, 0.3) is 11.3 Å². The van der Waals surface area contributed by atoms with Gasteiger partial charge in [-0.05, 0) is 6.07 Å². The monoisotopic (exact) mass is 307 g/mol. The van der Waals surface area contributed by atoms with Gasteiger partial charge in [-0.25, -0.2) is 4.98 Å². The van der Waals surface area contributed by atoms with Crippen molar-refractivity contribution in [3.63, 3.8) is 0 Å². The minimum Gasteiger partial charge on any atom is -0.352 e. The summed E-state index contributed by atoms with van der Waals surface area (Å²) in [6.45, 7) is 4.18. The average molecular weight is 308 g/mol. The average Bonchev–Trinajstić information content (AvgIpc) is 2.92. The zero-order valence-corrected chi connectivity index (χ0v) is 12.3. The Morgan fingerprint density at radius 3 is 3.00 bits per heavy atom. The number of aromatic nitrogens is 1. The van der Waals surface area contributed by atoms with Crippen molar-refractivity contribution in [2.24, 2.45) is 0 Å². The van der Waals surface area contributed by atoms with Crippen LogP contribution in [0.15, 0.2) is 42.3 Å². The number of carbonyl (C=O) groups is 1. The van der Waals surface area contributed by atoms with E-state index in [4.69, 9.17) is 11.6 Å². The normalized spacial score (nSPS) is 10.1. The molecule has 4 nitrogen and oxygen atoms in total. The van der Waals surface area contributed by atoms with E-state index in [1.165, 1.54) is 11.3 Å². The molecule has 0 saturated carbocycles. The van der Waals surface area contributed by atoms with E-state index in [-0.39, 0.29) is 12.5 Å². The third-order valence-corrected chi connectivity index (χ3v) is 3.63. The highest BCUT2D eigenvalue weighted by atomic mass is 35.5. The van der Waals surface area contributed by atoms with Gasteiger partial charge in [-0.3, -0.25) is 4.79 Å². The summed E-state index contributed by atoms with van der Waals surface area (Å²) in [4.78, 5) is 15.9. The first-order chi connectivity index (χ1) is 9.70. The molecule has 0 aliphatic heterocycles. The van der Waals surface area contributed by atoms with Crippen LogP contribution in [0, 0.1) is 0 Å². The quantitative estimate of drug-likeness (QED) is 0.806. The van der Waals surface area contributed by atoms with Crippen LogP contribution in [0.2, 0.25) is 5.02 Å². The third-order valence-electron chi connectivity index (χ3n) is 2.50. The van der Waals surface area contributed by atoms with Gasteiger partial charge >= 0.3 is 0 Å². The van der Waals surface area contributed by atoms with Crippen LogP contribution >= 0.6 is 22.9 Å². The first-order valence-corrected chi connectivity index (χ1v) is 7.28. The van der Waals surface area contributed by atoms with Crippen LogP contribution in [0.3, 0.4) is 0 Å². The lowest BCUT2D eigenvalue weighted by atomic mass is 10.2. The second-order valence-corrected chi connectivity index (χ2v) is 5.23. The molecule has 1 aromatic heterocycles. The van der Waals surface area contributed by atoms with Crippen molar-refractivity contribution in [1.82, 2.24) is 10.3 Å². The van der Waals surface area contributed by atoms with E-state index in [2.05, 4.69) is 22.2 Å². The number of carbonyl (C=O) groups excluding carboxylic acids is 1. The van der Waals surface area contributed by atoms with Crippen molar-refractivity contribution in [2.75, 3.05) is 18.4 Å². The minimum atomic E-state index is -0.0978. The lowest BCUT2D eigenvalue weighted by Gasteiger charge is -2.03. The van der Waals surface area contributed by atoms with E-state index in [0.717, 1.165) is 11.3 Å². The van der Waals surface area contributed by atoms with Gasteiger partial charge in [0.25, 0.3) is 0 Å². The minimum absolute atomic E-state index is 0.0978. The topological polar surface area (TPSA) is 54.0 Å². The first kappa shape index (κ1) is 14.6. The standard InChI is InChI=1S/C14H14ClN3OS/c1-2-7-16-13(19)8-17-14-18-12(9-20-14)10-5-3-4-6-11(10)15/h2-6,9H,1,7-8H2,(H,16,19)(H,17,18). The molecule has 0 saturated heterocycles. The maximum Gasteiger partial charge on any atom is 0.239 e. The molecule has 0 atom stereocenters. The molecule has 0 radical (unpaired) electrons. The van der Waals surface area contributed by atoms with E-state index in [0.29, 0.717) is 16.7 Å². The van der Waals surface area contributed by atoms with Crippen molar-refractivity contribution < 1.29 is 4.79 Å². The van der Waals surface area contributed by atoms with Crippen LogP contribution < -0.4 is 10.6 Å². The van der Waals surface area contributed by atoms with E-state index in [9.17, 15) is 4.79 Å². The second kappa shape index (κ2) is 7.07. The van der Waals surface area contributed by atoms with Crippen molar-refractivity contribution in [3.8, 4) is 11.3 Å². The van der Waals surface area contributed by atoms with Gasteiger partial charge < -0.3 is 10.6 Å². The number of rotatable bonds is 6. The molecule has 2 rings (SSSR count). The molecule has 0 fully saturated rings. The maximum absolute atomic E-state index is 11.4. The van der Waals surface area contributed by atoms with Crippen LogP contribution in [0.4, 0.5) is 5.13 Å². The van der Waals surface area contributed by atoms with Gasteiger partial charge in [-0.1, -0.05) is 35.9 Å². The summed E-state index contributed by atoms with van der Waals surface area (Å²) < 4.78 is 0. The molecular weight excluding hydrogens is 294 g/mol. The Morgan fingerprint density at radius 1 is 1.45 bits per heavy atom. The molecule has 2 aromatic rings. The molecule has 0 aliphatic carbocycles. The summed E-state index contributed by atoms with van der Waals surface area (Å²) in [5, 5.41) is 8.92. The lowest BCUT2D eigenvalue weighted by molar-refractivity contribution is -0.119. The number of hydrogen-bond donors (Lipinski definition) is 2. The zero-order chi connectivity index (χ0) is 14.4. The fraction of sp³-hybridized carbons (Fsp3) is 0.143. The van der Waals surface area contributed by atoms with E-state index < -0.39 is 0 Å². The molecule has 20 heavy (non-hydrogen) atoms. The smallest absolute Gasteiger partial charge is 0.239 e. The van der Waals surface area contributed by atoms with E-state index in [1.807, 2.05) is 29.6 Å². The summed E-state index contributed by atoms with van der Waals surface area (Å²) >= 11 is 7.56. The summed E-state index contributed by atoms with van der Waals surface area (Å²) in [6, 6.07) is 7.53. The van der Waals surface area contributed by atoms with Crippen molar-refractivity contribution in [1.29, 1.82) is 0 Å². The SMILES string of the molecule is C=CCNC(=O)CNc1nc(-c2ccccc2Cl)cs1. The van der Waals surface area contributed by atoms with Crippen LogP contribution in [-0.4, -0.2) is 24.0 Å². The van der Waals surface area contributed by atoms with E-state index in [1.54, 1.807) is 6.08 Å². The molecule has 0 spiro atoms. The fourth-order valence-electron chi connectivity index (χ4n) is 1.55. The number of nitrogens with zero attached hydrogens (tertiary/aromatic N) is 1. The van der Waals surface area contributed by atoms with Gasteiger partial charge in [-0.15, -0.1) is 17.9 Å². The number of benzene rings is 1. The van der Waals surface area contributed by atoms with Gasteiger partial charge in [0, 0.05) is 22.5 Å². The highest BCUT2D eigenvalue weighted by Gasteiger charge is 2.08. The summed E-state index contributed by atoms with van der Waals surface area (Å²) in [7, 11) is 0. The Bertz CT molecular complexity index is 612. The highest BCUT2D eigenvalue weighted by Crippen LogP contribution is 2.30. The second-order valence-electron chi connectivity index (χ2n) is 3.96. The molecule has 1 heterocycles. The molecule has 1 aromatic carbocycles. The van der Waals surface area contributed by atoms with Gasteiger partial charge in [0.15, 0.2) is 5.13 Å². The Labute approximate surface area is 126 Å². The van der Waals surface area contributed by atoms with Gasteiger partial charge in [0.05, 0.1) is 12.2 Å². The number of halogens is 1. The van der Waals surface area contributed by atoms with Gasteiger partial charge in [-0.2, -0.15) is 0 Å². The third kappa shape index (κ3) is 3.82. The number of hydrogen-bond acceptors (Lipinski definition) is 4. The van der Waals surface area contributed by atoms with Gasteiger partial charge in [0.1, 0.15) is 0 Å². The number of anilines is 1. The fourth-order valence-corrected chi connectivity index (χ4v) is 2.49. The molecule has 6 heteroatoms. The number of thiazole rings is 1. The lowest BCUT2D eigenvalue weighted by Crippen LogP contribution is -2.29. The molecule has 2 N–H and O–H groups in total. The van der Waals surface area contributed by atoms with Crippen molar-refractivity contribution in [3.05, 3.63) is 47.3 Å². The van der Waals surface area contributed by atoms with Crippen LogP contribution in [-0.2, 0) is 4.79 Å². The summed E-state index contributed by atoms with van der Waals surface area (Å²) in [5.41, 5.74) is 1.68. The molecule has 0 bridgehead atoms. The number of nitrogens with one attached hydrogen (secondary N) is 2. The predicted molar refractivity (Wildman–Crippen MR) is 84.3 cm³/mol. The Balaban J connectivity index is 1.98. The maximum atomic E-state index is 11.4. The molecule has 0 aliphatic rings. The summed E-state index contributed by atoms with van der Waals surface area (Å²) in [6.07, 6.45) is 1.64. The van der Waals surface area contributed by atoms with Crippen molar-refractivity contribution >= 4 is 34.0 Å². The highest BCUT2D eigenvalue weighted by molar-refractivity contribution is 7.14. The van der Waals surface area contributed by atoms with E-state index >= 15 is 0 Å². The van der Waals surface area contributed by atoms with Gasteiger partial charge in [0.2, 0.25) is 5.91 Å². The molecule has 0 unspecified atom stereocenters. The predicted octanol–water partition coefficient (Wildman–Crippen LogP) is 3.18. The summed E-state index contributed by atoms with van der Waals surface area (Å²) in [5.74, 6) is -0.0978. The largest absolute Gasteiger partial charge is 0.352 e. The Morgan fingerprint density at radius 2 is 2.25 bits per heavy atom. The van der Waals surface area contributed by atoms with Crippen LogP contribution in [0.1, 0.15) is 0 Å². The van der Waals surface area contributed by atoms with Crippen molar-refractivity contribution in [2.45, 2.75) is 0 Å². The Kier molecular flexibility index (Phi) is 5.15. The molecule has 104 valence electrons. The zero-order valence-electron chi connectivity index (χ0n) is 10.7. The van der Waals surface area contributed by atoms with Crippen LogP contribution in [0.5, 0.6) is 0 Å².